The Morgan fingerprint density at radius 2 is 1.53 bits per heavy atom. The topological polar surface area (TPSA) is 17.0 Å². The summed E-state index contributed by atoms with van der Waals surface area (Å²) < 4.78 is 8.89. The Labute approximate surface area is 218 Å². The highest BCUT2D eigenvalue weighted by molar-refractivity contribution is 8.00. The molecule has 0 unspecified atom stereocenters. The number of aromatic nitrogens is 1. The van der Waals surface area contributed by atoms with Gasteiger partial charge in [0.05, 0.1) is 10.5 Å². The van der Waals surface area contributed by atoms with E-state index in [0.717, 1.165) is 24.2 Å². The van der Waals surface area contributed by atoms with Crippen molar-refractivity contribution in [1.82, 2.24) is 0 Å². The summed E-state index contributed by atoms with van der Waals surface area (Å²) in [4.78, 5) is 2.73. The lowest BCUT2D eigenvalue weighted by molar-refractivity contribution is -0.659. The minimum atomic E-state index is 0.150. The number of pyridine rings is 1. The summed E-state index contributed by atoms with van der Waals surface area (Å²) in [5, 5.41) is 6.74. The van der Waals surface area contributed by atoms with Gasteiger partial charge in [-0.1, -0.05) is 89.7 Å². The van der Waals surface area contributed by atoms with E-state index in [9.17, 15) is 0 Å². The van der Waals surface area contributed by atoms with Crippen LogP contribution in [0.5, 0.6) is 0 Å². The van der Waals surface area contributed by atoms with Gasteiger partial charge in [0.2, 0.25) is 5.69 Å². The SMILES string of the molecule is Cc1c2c(c(CC(C)(C)C)c3c1ccc1ccccc13)Sc1c(CC(C)(C)C)oc3cc[n+](C)c-2c13. The quantitative estimate of drug-likeness (QED) is 0.176. The van der Waals surface area contributed by atoms with Crippen LogP contribution in [0.25, 0.3) is 43.8 Å². The third-order valence-electron chi connectivity index (χ3n) is 7.35. The van der Waals surface area contributed by atoms with Gasteiger partial charge in [0.15, 0.2) is 6.20 Å². The molecule has 3 aromatic carbocycles. The highest BCUT2D eigenvalue weighted by Crippen LogP contribution is 2.55. The average molecular weight is 495 g/mol. The number of fused-ring (bicyclic) bond motifs is 5. The second-order valence-electron chi connectivity index (χ2n) is 13.0. The van der Waals surface area contributed by atoms with Crippen molar-refractivity contribution in [3.8, 4) is 11.3 Å². The molecule has 3 heteroatoms. The van der Waals surface area contributed by atoms with Crippen LogP contribution in [-0.4, -0.2) is 0 Å². The molecule has 0 aliphatic carbocycles. The van der Waals surface area contributed by atoms with E-state index < -0.39 is 0 Å². The maximum atomic E-state index is 6.59. The average Bonchev–Trinajstić information content (AvgIpc) is 3.13. The van der Waals surface area contributed by atoms with Crippen molar-refractivity contribution in [3.05, 3.63) is 65.5 Å². The van der Waals surface area contributed by atoms with Crippen molar-refractivity contribution >= 4 is 44.3 Å². The Hall–Kier alpha value is -2.78. The smallest absolute Gasteiger partial charge is 0.226 e. The fourth-order valence-electron chi connectivity index (χ4n) is 5.94. The molecule has 184 valence electrons. The van der Waals surface area contributed by atoms with Gasteiger partial charge >= 0.3 is 0 Å². The predicted molar refractivity (Wildman–Crippen MR) is 153 cm³/mol. The Morgan fingerprint density at radius 3 is 2.25 bits per heavy atom. The highest BCUT2D eigenvalue weighted by atomic mass is 32.2. The number of hydrogen-bond donors (Lipinski definition) is 0. The summed E-state index contributed by atoms with van der Waals surface area (Å²) in [6, 6.07) is 15.7. The molecule has 36 heavy (non-hydrogen) atoms. The number of aryl methyl sites for hydroxylation is 2. The Balaban J connectivity index is 1.79. The van der Waals surface area contributed by atoms with Crippen molar-refractivity contribution in [3.63, 3.8) is 0 Å². The van der Waals surface area contributed by atoms with Crippen LogP contribution >= 0.6 is 11.8 Å². The lowest BCUT2D eigenvalue weighted by atomic mass is 9.82. The minimum absolute atomic E-state index is 0.150. The Kier molecular flexibility index (Phi) is 5.15. The molecule has 0 spiro atoms. The zero-order chi connectivity index (χ0) is 25.6. The normalized spacial score (nSPS) is 13.7. The van der Waals surface area contributed by atoms with Gasteiger partial charge in [0.25, 0.3) is 0 Å². The molecule has 2 aromatic heterocycles. The molecule has 2 nitrogen and oxygen atoms in total. The van der Waals surface area contributed by atoms with Crippen molar-refractivity contribution in [1.29, 1.82) is 0 Å². The fourth-order valence-corrected chi connectivity index (χ4v) is 7.32. The van der Waals surface area contributed by atoms with E-state index >= 15 is 0 Å². The fraction of sp³-hybridized carbons (Fsp3) is 0.364. The number of hydrogen-bond acceptors (Lipinski definition) is 2. The van der Waals surface area contributed by atoms with Gasteiger partial charge in [-0.25, -0.2) is 4.57 Å². The first kappa shape index (κ1) is 23.6. The first-order valence-electron chi connectivity index (χ1n) is 13.0. The van der Waals surface area contributed by atoms with Crippen LogP contribution in [-0.2, 0) is 19.9 Å². The molecule has 0 saturated heterocycles. The molecule has 5 aromatic rings. The molecule has 1 aliphatic heterocycles. The molecule has 0 saturated carbocycles. The number of nitrogens with zero attached hydrogens (tertiary/aromatic N) is 1. The molecule has 0 amide bonds. The van der Waals surface area contributed by atoms with Crippen LogP contribution in [0.2, 0.25) is 0 Å². The first-order valence-corrected chi connectivity index (χ1v) is 13.8. The van der Waals surface area contributed by atoms with Crippen molar-refractivity contribution < 1.29 is 8.98 Å². The summed E-state index contributed by atoms with van der Waals surface area (Å²) in [5.74, 6) is 1.12. The van der Waals surface area contributed by atoms with Crippen molar-refractivity contribution in [2.45, 2.75) is 71.1 Å². The zero-order valence-corrected chi connectivity index (χ0v) is 23.6. The number of benzene rings is 3. The van der Waals surface area contributed by atoms with E-state index in [1.54, 1.807) is 0 Å². The van der Waals surface area contributed by atoms with Gasteiger partial charge in [-0.15, -0.1) is 0 Å². The molecule has 0 fully saturated rings. The Bertz CT molecular complexity index is 1690. The van der Waals surface area contributed by atoms with Crippen molar-refractivity contribution in [2.75, 3.05) is 0 Å². The summed E-state index contributed by atoms with van der Waals surface area (Å²) in [7, 11) is 2.18. The summed E-state index contributed by atoms with van der Waals surface area (Å²) in [5.41, 5.74) is 6.83. The van der Waals surface area contributed by atoms with Gasteiger partial charge in [0.1, 0.15) is 23.8 Å². The number of rotatable bonds is 2. The zero-order valence-electron chi connectivity index (χ0n) is 22.8. The molecule has 3 heterocycles. The molecular weight excluding hydrogens is 458 g/mol. The third-order valence-corrected chi connectivity index (χ3v) is 8.64. The van der Waals surface area contributed by atoms with Gasteiger partial charge < -0.3 is 4.42 Å². The molecule has 0 N–H and O–H groups in total. The molecule has 0 radical (unpaired) electrons. The molecular formula is C33H36NOS+. The van der Waals surface area contributed by atoms with Crippen LogP contribution in [0, 0.1) is 17.8 Å². The van der Waals surface area contributed by atoms with E-state index in [4.69, 9.17) is 4.42 Å². The molecule has 0 bridgehead atoms. The maximum absolute atomic E-state index is 6.59. The summed E-state index contributed by atoms with van der Waals surface area (Å²) in [6.07, 6.45) is 4.11. The molecule has 1 aliphatic rings. The summed E-state index contributed by atoms with van der Waals surface area (Å²) >= 11 is 1.96. The van der Waals surface area contributed by atoms with E-state index in [1.165, 1.54) is 59.1 Å². The first-order chi connectivity index (χ1) is 16.9. The second-order valence-corrected chi connectivity index (χ2v) is 14.0. The minimum Gasteiger partial charge on any atom is -0.459 e. The second kappa shape index (κ2) is 7.86. The monoisotopic (exact) mass is 494 g/mol. The van der Waals surface area contributed by atoms with Gasteiger partial charge in [-0.2, -0.15) is 0 Å². The standard InChI is InChI=1S/C33H36NOS/c1-19-21-14-13-20-11-9-10-12-22(20)27(21)23(17-32(2,3)4)30-26(19)29-28-24(15-16-34(29)8)35-25(31(28)36-30)18-33(5,6)7/h9-16H,17-18H2,1-8H3/q+1. The van der Waals surface area contributed by atoms with E-state index in [1.807, 2.05) is 11.8 Å². The van der Waals surface area contributed by atoms with Crippen LogP contribution in [0.3, 0.4) is 0 Å². The van der Waals surface area contributed by atoms with Gasteiger partial charge in [-0.05, 0) is 56.8 Å². The van der Waals surface area contributed by atoms with Gasteiger partial charge in [0, 0.05) is 17.4 Å². The van der Waals surface area contributed by atoms with Crippen LogP contribution in [0.15, 0.2) is 62.9 Å². The van der Waals surface area contributed by atoms with Crippen molar-refractivity contribution in [2.24, 2.45) is 17.9 Å². The van der Waals surface area contributed by atoms with Gasteiger partial charge in [-0.3, -0.25) is 0 Å². The summed E-state index contributed by atoms with van der Waals surface area (Å²) in [6.45, 7) is 16.3. The lowest BCUT2D eigenvalue weighted by Gasteiger charge is -2.27. The third kappa shape index (κ3) is 3.66. The maximum Gasteiger partial charge on any atom is 0.226 e. The molecule has 0 atom stereocenters. The lowest BCUT2D eigenvalue weighted by Crippen LogP contribution is -2.31. The Morgan fingerprint density at radius 1 is 0.806 bits per heavy atom. The highest BCUT2D eigenvalue weighted by Gasteiger charge is 2.36. The van der Waals surface area contributed by atoms with Crippen LogP contribution in [0.4, 0.5) is 0 Å². The molecule has 6 rings (SSSR count). The predicted octanol–water partition coefficient (Wildman–Crippen LogP) is 9.18. The largest absolute Gasteiger partial charge is 0.459 e. The van der Waals surface area contributed by atoms with Crippen LogP contribution < -0.4 is 4.57 Å². The van der Waals surface area contributed by atoms with E-state index in [2.05, 4.69) is 109 Å². The van der Waals surface area contributed by atoms with Crippen LogP contribution in [0.1, 0.15) is 58.4 Å². The number of furan rings is 1. The van der Waals surface area contributed by atoms with E-state index in [0.29, 0.717) is 0 Å². The van der Waals surface area contributed by atoms with E-state index in [-0.39, 0.29) is 10.8 Å².